The fourth-order valence-corrected chi connectivity index (χ4v) is 2.50. The minimum Gasteiger partial charge on any atom is -1.00 e. The molecule has 3 rings (SSSR count). The molecule has 2 nitrogen and oxygen atoms in total. The number of fused-ring (bicyclic) bond motifs is 1. The minimum absolute atomic E-state index is 0. The molecule has 126 valence electrons. The van der Waals surface area contributed by atoms with Gasteiger partial charge in [-0.1, -0.05) is 17.7 Å². The zero-order valence-electron chi connectivity index (χ0n) is 13.1. The summed E-state index contributed by atoms with van der Waals surface area (Å²) in [6, 6.07) is 12.9. The topological polar surface area (TPSA) is 24.9 Å². The van der Waals surface area contributed by atoms with Gasteiger partial charge < -0.3 is 17.7 Å². The van der Waals surface area contributed by atoms with Crippen LogP contribution in [0.25, 0.3) is 10.9 Å². The number of benzene rings is 2. The maximum atomic E-state index is 12.8. The van der Waals surface area contributed by atoms with Crippen LogP contribution in [0.2, 0.25) is 0 Å². The Balaban J connectivity index is 0.00000208. The smallest absolute Gasteiger partial charge is 0.416 e. The van der Waals surface area contributed by atoms with Gasteiger partial charge in [-0.2, -0.15) is 13.2 Å². The zero-order chi connectivity index (χ0) is 16.6. The first-order valence-electron chi connectivity index (χ1n) is 7.15. The summed E-state index contributed by atoms with van der Waals surface area (Å²) in [4.78, 5) is 4.46. The van der Waals surface area contributed by atoms with Crippen molar-refractivity contribution < 1.29 is 25.6 Å². The largest absolute Gasteiger partial charge is 1.00 e. The molecule has 0 saturated heterocycles. The predicted molar refractivity (Wildman–Crippen MR) is 85.9 cm³/mol. The highest BCUT2D eigenvalue weighted by Gasteiger charge is 2.30. The van der Waals surface area contributed by atoms with Gasteiger partial charge in [0.2, 0.25) is 0 Å². The lowest BCUT2D eigenvalue weighted by Gasteiger charge is -2.13. The van der Waals surface area contributed by atoms with E-state index in [4.69, 9.17) is 0 Å². The van der Waals surface area contributed by atoms with Crippen molar-refractivity contribution in [1.29, 1.82) is 0 Å². The van der Waals surface area contributed by atoms with Crippen LogP contribution in [0, 0.1) is 13.8 Å². The Bertz CT molecular complexity index is 876. The Kier molecular flexibility index (Phi) is 5.04. The summed E-state index contributed by atoms with van der Waals surface area (Å²) in [6.07, 6.45) is -4.36. The van der Waals surface area contributed by atoms with E-state index in [9.17, 15) is 13.2 Å². The van der Waals surface area contributed by atoms with Crippen LogP contribution >= 0.6 is 0 Å². The molecule has 3 aromatic rings. The van der Waals surface area contributed by atoms with Crippen molar-refractivity contribution in [3.8, 4) is 0 Å². The van der Waals surface area contributed by atoms with Crippen LogP contribution in [0.5, 0.6) is 0 Å². The number of aryl methyl sites for hydroxylation is 2. The summed E-state index contributed by atoms with van der Waals surface area (Å²) < 4.78 is 38.5. The van der Waals surface area contributed by atoms with E-state index in [1.54, 1.807) is 6.07 Å². The highest BCUT2D eigenvalue weighted by molar-refractivity contribution is 5.93. The molecule has 6 heteroatoms. The number of pyridine rings is 1. The van der Waals surface area contributed by atoms with Crippen molar-refractivity contribution in [3.05, 3.63) is 65.4 Å². The van der Waals surface area contributed by atoms with Crippen LogP contribution in [-0.4, -0.2) is 4.98 Å². The number of halogens is 4. The Morgan fingerprint density at radius 2 is 1.71 bits per heavy atom. The highest BCUT2D eigenvalue weighted by atomic mass is 35.5. The fourth-order valence-electron chi connectivity index (χ4n) is 2.50. The lowest BCUT2D eigenvalue weighted by Crippen LogP contribution is -3.00. The van der Waals surface area contributed by atoms with Gasteiger partial charge in [0.15, 0.2) is 0 Å². The average molecular weight is 352 g/mol. The molecule has 24 heavy (non-hydrogen) atoms. The van der Waals surface area contributed by atoms with Crippen molar-refractivity contribution >= 4 is 22.3 Å². The van der Waals surface area contributed by atoms with Gasteiger partial charge in [-0.3, -0.25) is 4.98 Å². The van der Waals surface area contributed by atoms with Crippen LogP contribution in [0.1, 0.15) is 16.8 Å². The molecular weight excluding hydrogens is 337 g/mol. The summed E-state index contributed by atoms with van der Waals surface area (Å²) in [6.45, 7) is 3.82. The second-order valence-electron chi connectivity index (χ2n) is 5.54. The molecule has 0 amide bonds. The van der Waals surface area contributed by atoms with Gasteiger partial charge in [0.25, 0.3) is 0 Å². The summed E-state index contributed by atoms with van der Waals surface area (Å²) in [7, 11) is 0. The van der Waals surface area contributed by atoms with Gasteiger partial charge >= 0.3 is 6.18 Å². The standard InChI is InChI=1S/C18H15F3N2.ClH/c1-11-6-7-16-15(8-11)17(9-12(2)22-16)23-14-5-3-4-13(10-14)18(19,20)21;/h3-10H,1-2H3,(H,22,23);1H/p-1. The first-order valence-corrected chi connectivity index (χ1v) is 7.15. The number of hydrogen-bond donors (Lipinski definition) is 1. The van der Waals surface area contributed by atoms with E-state index in [1.807, 2.05) is 38.1 Å². The maximum absolute atomic E-state index is 12.8. The molecule has 0 aliphatic carbocycles. The molecule has 0 aliphatic heterocycles. The number of aromatic nitrogens is 1. The summed E-state index contributed by atoms with van der Waals surface area (Å²) >= 11 is 0. The predicted octanol–water partition coefficient (Wildman–Crippen LogP) is 2.62. The average Bonchev–Trinajstić information content (AvgIpc) is 2.47. The summed E-state index contributed by atoms with van der Waals surface area (Å²) in [5.74, 6) is 0. The van der Waals surface area contributed by atoms with Gasteiger partial charge in [0.1, 0.15) is 0 Å². The Labute approximate surface area is 144 Å². The summed E-state index contributed by atoms with van der Waals surface area (Å²) in [5.41, 5.74) is 3.15. The van der Waals surface area contributed by atoms with E-state index in [0.717, 1.165) is 40.0 Å². The third-order valence-corrected chi connectivity index (χ3v) is 3.56. The van der Waals surface area contributed by atoms with E-state index in [2.05, 4.69) is 10.3 Å². The van der Waals surface area contributed by atoms with Crippen LogP contribution in [0.15, 0.2) is 48.5 Å². The number of rotatable bonds is 2. The van der Waals surface area contributed by atoms with E-state index < -0.39 is 11.7 Å². The molecule has 0 aliphatic rings. The van der Waals surface area contributed by atoms with Crippen LogP contribution in [0.4, 0.5) is 24.5 Å². The molecule has 0 spiro atoms. The van der Waals surface area contributed by atoms with Crippen LogP contribution in [0.3, 0.4) is 0 Å². The zero-order valence-corrected chi connectivity index (χ0v) is 13.8. The lowest BCUT2D eigenvalue weighted by molar-refractivity contribution is -0.137. The molecule has 0 atom stereocenters. The third kappa shape index (κ3) is 3.79. The van der Waals surface area contributed by atoms with Crippen molar-refractivity contribution in [1.82, 2.24) is 4.98 Å². The van der Waals surface area contributed by atoms with E-state index >= 15 is 0 Å². The molecule has 1 N–H and O–H groups in total. The molecule has 0 bridgehead atoms. The summed E-state index contributed by atoms with van der Waals surface area (Å²) in [5, 5.41) is 3.97. The Morgan fingerprint density at radius 3 is 2.42 bits per heavy atom. The molecule has 0 saturated carbocycles. The van der Waals surface area contributed by atoms with Crippen molar-refractivity contribution in [3.63, 3.8) is 0 Å². The van der Waals surface area contributed by atoms with E-state index in [0.29, 0.717) is 5.69 Å². The minimum atomic E-state index is -4.36. The first-order chi connectivity index (χ1) is 10.8. The van der Waals surface area contributed by atoms with Crippen molar-refractivity contribution in [2.45, 2.75) is 20.0 Å². The number of nitrogens with one attached hydrogen (secondary N) is 1. The van der Waals surface area contributed by atoms with Crippen molar-refractivity contribution in [2.24, 2.45) is 0 Å². The molecule has 1 aromatic heterocycles. The van der Waals surface area contributed by atoms with E-state index in [1.165, 1.54) is 6.07 Å². The quantitative estimate of drug-likeness (QED) is 0.767. The normalized spacial score (nSPS) is 11.2. The Hall–Kier alpha value is -2.27. The van der Waals surface area contributed by atoms with Gasteiger partial charge in [-0.25, -0.2) is 0 Å². The molecule has 2 aromatic carbocycles. The van der Waals surface area contributed by atoms with Gasteiger partial charge in [0, 0.05) is 22.5 Å². The Morgan fingerprint density at radius 1 is 0.958 bits per heavy atom. The van der Waals surface area contributed by atoms with Gasteiger partial charge in [-0.05, 0) is 50.2 Å². The SMILES string of the molecule is Cc1ccc2nc(C)cc(Nc3cccc(C(F)(F)F)c3)c2c1.[Cl-]. The van der Waals surface area contributed by atoms with E-state index in [-0.39, 0.29) is 12.4 Å². The maximum Gasteiger partial charge on any atom is 0.416 e. The molecule has 0 radical (unpaired) electrons. The number of alkyl halides is 3. The molecular formula is C18H15ClF3N2-. The monoisotopic (exact) mass is 351 g/mol. The fraction of sp³-hybridized carbons (Fsp3) is 0.167. The second kappa shape index (κ2) is 6.69. The first kappa shape index (κ1) is 18.1. The highest BCUT2D eigenvalue weighted by Crippen LogP contribution is 2.32. The molecule has 0 fully saturated rings. The molecule has 0 unspecified atom stereocenters. The number of hydrogen-bond acceptors (Lipinski definition) is 2. The van der Waals surface area contributed by atoms with Crippen molar-refractivity contribution in [2.75, 3.05) is 5.32 Å². The molecule has 1 heterocycles. The lowest BCUT2D eigenvalue weighted by atomic mass is 10.1. The third-order valence-electron chi connectivity index (χ3n) is 3.56. The number of anilines is 2. The number of nitrogens with zero attached hydrogens (tertiary/aromatic N) is 1. The van der Waals surface area contributed by atoms with Crippen LogP contribution < -0.4 is 17.7 Å². The van der Waals surface area contributed by atoms with Crippen LogP contribution in [-0.2, 0) is 6.18 Å². The van der Waals surface area contributed by atoms with Gasteiger partial charge in [-0.15, -0.1) is 0 Å². The van der Waals surface area contributed by atoms with Gasteiger partial charge in [0.05, 0.1) is 11.1 Å². The second-order valence-corrected chi connectivity index (χ2v) is 5.54.